The van der Waals surface area contributed by atoms with E-state index in [2.05, 4.69) is 15.1 Å². The van der Waals surface area contributed by atoms with Crippen LogP contribution in [0.25, 0.3) is 0 Å². The van der Waals surface area contributed by atoms with Crippen LogP contribution < -0.4 is 5.73 Å². The van der Waals surface area contributed by atoms with E-state index in [9.17, 15) is 0 Å². The highest BCUT2D eigenvalue weighted by Gasteiger charge is 2.18. The second-order valence-electron chi connectivity index (χ2n) is 4.34. The highest BCUT2D eigenvalue weighted by Crippen LogP contribution is 2.29. The molecular formula is C12H16N6S. The molecule has 0 atom stereocenters. The van der Waals surface area contributed by atoms with Gasteiger partial charge in [-0.2, -0.15) is 5.10 Å². The average Bonchev–Trinajstić information content (AvgIpc) is 2.52. The predicted molar refractivity (Wildman–Crippen MR) is 74.6 cm³/mol. The van der Waals surface area contributed by atoms with Gasteiger partial charge in [0.1, 0.15) is 10.9 Å². The van der Waals surface area contributed by atoms with E-state index in [0.717, 1.165) is 22.1 Å². The molecule has 2 heterocycles. The Morgan fingerprint density at radius 1 is 1.26 bits per heavy atom. The molecule has 0 radical (unpaired) electrons. The van der Waals surface area contributed by atoms with Crippen molar-refractivity contribution < 1.29 is 0 Å². The second-order valence-corrected chi connectivity index (χ2v) is 5.29. The second kappa shape index (κ2) is 5.00. The van der Waals surface area contributed by atoms with Crippen LogP contribution in [0.1, 0.15) is 22.6 Å². The van der Waals surface area contributed by atoms with Crippen LogP contribution >= 0.6 is 11.8 Å². The fourth-order valence-electron chi connectivity index (χ4n) is 1.89. The van der Waals surface area contributed by atoms with Gasteiger partial charge in [-0.25, -0.2) is 9.97 Å². The largest absolute Gasteiger partial charge is 0.384 e. The summed E-state index contributed by atoms with van der Waals surface area (Å²) in [5, 5.41) is 13.4. The molecule has 19 heavy (non-hydrogen) atoms. The number of aromatic nitrogens is 4. The van der Waals surface area contributed by atoms with Gasteiger partial charge in [-0.3, -0.25) is 10.1 Å². The Balaban J connectivity index is 2.46. The average molecular weight is 276 g/mol. The first kappa shape index (κ1) is 13.5. The predicted octanol–water partition coefficient (Wildman–Crippen LogP) is 1.57. The summed E-state index contributed by atoms with van der Waals surface area (Å²) in [6.07, 6.45) is 0. The molecule has 7 heteroatoms. The first-order valence-electron chi connectivity index (χ1n) is 5.76. The van der Waals surface area contributed by atoms with Crippen LogP contribution in [-0.2, 0) is 7.05 Å². The molecule has 6 nitrogen and oxygen atoms in total. The Labute approximate surface area is 116 Å². The number of nitrogens with two attached hydrogens (primary N) is 1. The van der Waals surface area contributed by atoms with Crippen LogP contribution in [0.2, 0.25) is 0 Å². The van der Waals surface area contributed by atoms with Crippen molar-refractivity contribution in [3.8, 4) is 0 Å². The van der Waals surface area contributed by atoms with E-state index in [1.807, 2.05) is 33.9 Å². The van der Waals surface area contributed by atoms with Gasteiger partial charge in [0.2, 0.25) is 0 Å². The number of hydrogen-bond acceptors (Lipinski definition) is 5. The lowest BCUT2D eigenvalue weighted by Crippen LogP contribution is -2.13. The summed E-state index contributed by atoms with van der Waals surface area (Å²) in [6.45, 7) is 5.70. The van der Waals surface area contributed by atoms with Gasteiger partial charge in [-0.05, 0) is 38.6 Å². The van der Waals surface area contributed by atoms with E-state index < -0.39 is 0 Å². The molecule has 0 saturated carbocycles. The lowest BCUT2D eigenvalue weighted by molar-refractivity contribution is 0.690. The van der Waals surface area contributed by atoms with Gasteiger partial charge < -0.3 is 5.73 Å². The van der Waals surface area contributed by atoms with Crippen LogP contribution in [0.4, 0.5) is 0 Å². The molecule has 2 aromatic heterocycles. The molecule has 0 saturated heterocycles. The van der Waals surface area contributed by atoms with Crippen LogP contribution in [0.5, 0.6) is 0 Å². The van der Waals surface area contributed by atoms with E-state index in [-0.39, 0.29) is 5.84 Å². The van der Waals surface area contributed by atoms with Crippen molar-refractivity contribution in [3.05, 3.63) is 28.7 Å². The third kappa shape index (κ3) is 2.76. The Morgan fingerprint density at radius 2 is 1.84 bits per heavy atom. The Morgan fingerprint density at radius 3 is 2.37 bits per heavy atom. The molecule has 0 aromatic carbocycles. The fourth-order valence-corrected chi connectivity index (χ4v) is 2.97. The minimum Gasteiger partial charge on any atom is -0.384 e. The Kier molecular flexibility index (Phi) is 3.57. The van der Waals surface area contributed by atoms with Crippen LogP contribution in [0, 0.1) is 26.2 Å². The highest BCUT2D eigenvalue weighted by atomic mass is 32.2. The summed E-state index contributed by atoms with van der Waals surface area (Å²) >= 11 is 1.38. The quantitative estimate of drug-likeness (QED) is 0.504. The van der Waals surface area contributed by atoms with E-state index in [1.54, 1.807) is 4.68 Å². The van der Waals surface area contributed by atoms with Crippen LogP contribution in [0.3, 0.4) is 0 Å². The number of nitrogen functional groups attached to an aromatic ring is 1. The molecule has 0 fully saturated rings. The Hall–Kier alpha value is -1.89. The minimum absolute atomic E-state index is 0.0116. The number of nitrogens with one attached hydrogen (secondary N) is 1. The van der Waals surface area contributed by atoms with E-state index in [0.29, 0.717) is 10.7 Å². The van der Waals surface area contributed by atoms with Crippen molar-refractivity contribution in [1.29, 1.82) is 5.41 Å². The molecule has 0 amide bonds. The maximum atomic E-state index is 7.65. The lowest BCUT2D eigenvalue weighted by Gasteiger charge is -2.05. The number of aryl methyl sites for hydroxylation is 4. The summed E-state index contributed by atoms with van der Waals surface area (Å²) in [5.41, 5.74) is 8.83. The van der Waals surface area contributed by atoms with Crippen molar-refractivity contribution in [2.45, 2.75) is 31.0 Å². The van der Waals surface area contributed by atoms with Gasteiger partial charge in [0, 0.05) is 18.4 Å². The number of hydrogen-bond donors (Lipinski definition) is 2. The van der Waals surface area contributed by atoms with Crippen LogP contribution in [0.15, 0.2) is 16.2 Å². The van der Waals surface area contributed by atoms with Gasteiger partial charge in [0.25, 0.3) is 0 Å². The van der Waals surface area contributed by atoms with Gasteiger partial charge in [0.05, 0.1) is 11.3 Å². The third-order valence-electron chi connectivity index (χ3n) is 2.59. The lowest BCUT2D eigenvalue weighted by atomic mass is 10.2. The van der Waals surface area contributed by atoms with Crippen molar-refractivity contribution >= 4 is 17.6 Å². The van der Waals surface area contributed by atoms with E-state index in [4.69, 9.17) is 11.1 Å². The topological polar surface area (TPSA) is 93.5 Å². The SMILES string of the molecule is Cc1cc(C)nc(Sc2c(C(=N)N)c(C)nn2C)n1. The molecule has 0 unspecified atom stereocenters. The number of rotatable bonds is 3. The van der Waals surface area contributed by atoms with Gasteiger partial charge >= 0.3 is 0 Å². The van der Waals surface area contributed by atoms with E-state index in [1.165, 1.54) is 11.8 Å². The molecule has 0 aliphatic heterocycles. The summed E-state index contributed by atoms with van der Waals surface area (Å²) in [4.78, 5) is 8.76. The zero-order chi connectivity index (χ0) is 14.2. The maximum absolute atomic E-state index is 7.65. The summed E-state index contributed by atoms with van der Waals surface area (Å²) < 4.78 is 1.71. The molecule has 2 rings (SSSR count). The first-order chi connectivity index (χ1) is 8.88. The van der Waals surface area contributed by atoms with Crippen molar-refractivity contribution in [1.82, 2.24) is 19.7 Å². The van der Waals surface area contributed by atoms with Crippen molar-refractivity contribution in [3.63, 3.8) is 0 Å². The molecule has 2 aromatic rings. The molecule has 0 aliphatic rings. The van der Waals surface area contributed by atoms with Gasteiger partial charge in [-0.1, -0.05) is 0 Å². The molecular weight excluding hydrogens is 260 g/mol. The smallest absolute Gasteiger partial charge is 0.194 e. The fraction of sp³-hybridized carbons (Fsp3) is 0.333. The Bertz CT molecular complexity index is 626. The normalized spacial score (nSPS) is 10.7. The summed E-state index contributed by atoms with van der Waals surface area (Å²) in [7, 11) is 1.82. The van der Waals surface area contributed by atoms with Crippen molar-refractivity contribution in [2.75, 3.05) is 0 Å². The highest BCUT2D eigenvalue weighted by molar-refractivity contribution is 7.99. The third-order valence-corrected chi connectivity index (χ3v) is 3.62. The number of amidine groups is 1. The van der Waals surface area contributed by atoms with Gasteiger partial charge in [0.15, 0.2) is 5.16 Å². The summed E-state index contributed by atoms with van der Waals surface area (Å²) in [5.74, 6) is 0.0116. The zero-order valence-corrected chi connectivity index (χ0v) is 12.2. The summed E-state index contributed by atoms with van der Waals surface area (Å²) in [6, 6.07) is 1.92. The molecule has 100 valence electrons. The molecule has 0 bridgehead atoms. The molecule has 3 N–H and O–H groups in total. The minimum atomic E-state index is 0.0116. The first-order valence-corrected chi connectivity index (χ1v) is 6.58. The number of nitrogens with zero attached hydrogens (tertiary/aromatic N) is 4. The standard InChI is InChI=1S/C12H16N6S/c1-6-5-7(2)16-12(15-6)19-11-9(10(13)14)8(3)17-18(11)4/h5H,1-4H3,(H3,13,14). The molecule has 0 aliphatic carbocycles. The molecule has 0 spiro atoms. The zero-order valence-electron chi connectivity index (χ0n) is 11.4. The van der Waals surface area contributed by atoms with Crippen LogP contribution in [-0.4, -0.2) is 25.6 Å². The maximum Gasteiger partial charge on any atom is 0.194 e. The van der Waals surface area contributed by atoms with Gasteiger partial charge in [-0.15, -0.1) is 0 Å². The van der Waals surface area contributed by atoms with Crippen molar-refractivity contribution in [2.24, 2.45) is 12.8 Å². The van der Waals surface area contributed by atoms with E-state index >= 15 is 0 Å². The monoisotopic (exact) mass is 276 g/mol.